The summed E-state index contributed by atoms with van der Waals surface area (Å²) in [4.78, 5) is 116. The Morgan fingerprint density at radius 1 is 0.738 bits per heavy atom. The minimum Gasteiger partial charge on any atom is -0.494 e. The van der Waals surface area contributed by atoms with Crippen molar-refractivity contribution in [3.05, 3.63) is 108 Å². The van der Waals surface area contributed by atoms with Gasteiger partial charge >= 0.3 is 0 Å². The Balaban J connectivity index is 1.17. The van der Waals surface area contributed by atoms with Gasteiger partial charge in [-0.25, -0.2) is 19.9 Å². The molecule has 1 aliphatic heterocycles. The number of nitrogens with two attached hydrogens (primary N) is 2. The maximum absolute atomic E-state index is 13.4. The van der Waals surface area contributed by atoms with E-state index in [1.165, 1.54) is 73.5 Å². The van der Waals surface area contributed by atoms with Crippen LogP contribution in [-0.4, -0.2) is 124 Å². The van der Waals surface area contributed by atoms with E-state index in [4.69, 9.17) is 20.9 Å². The number of primary amides is 2. The summed E-state index contributed by atoms with van der Waals surface area (Å²) in [5.41, 5.74) is 12.9. The van der Waals surface area contributed by atoms with Crippen molar-refractivity contribution in [3.63, 3.8) is 0 Å². The number of amides is 7. The van der Waals surface area contributed by atoms with Crippen molar-refractivity contribution < 1.29 is 43.0 Å². The summed E-state index contributed by atoms with van der Waals surface area (Å²) in [5.74, 6) is -3.38. The highest BCUT2D eigenvalue weighted by Crippen LogP contribution is 2.33. The lowest BCUT2D eigenvalue weighted by molar-refractivity contribution is -0.138. The molecule has 7 rings (SSSR count). The Hall–Kier alpha value is -8.89. The fraction of sp³-hybridized carbons (Fsp3) is 0.214. The number of aromatic nitrogens is 8. The molecule has 4 aromatic heterocycles. The molecular formula is C42H40N14O9. The Kier molecular flexibility index (Phi) is 13.2. The molecule has 0 saturated carbocycles. The molecule has 332 valence electrons. The first-order valence-electron chi connectivity index (χ1n) is 19.7. The van der Waals surface area contributed by atoms with Gasteiger partial charge in [-0.3, -0.25) is 59.1 Å². The highest BCUT2D eigenvalue weighted by atomic mass is 16.5. The molecule has 6 N–H and O–H groups in total. The molecule has 65 heavy (non-hydrogen) atoms. The first kappa shape index (κ1) is 44.2. The number of imide groups is 1. The number of hydrogen-bond acceptors (Lipinski definition) is 15. The Labute approximate surface area is 368 Å². The van der Waals surface area contributed by atoms with Crippen LogP contribution in [0.4, 0.5) is 11.9 Å². The maximum atomic E-state index is 13.4. The summed E-state index contributed by atoms with van der Waals surface area (Å²) in [6.07, 6.45) is 14.2. The number of fused-ring (bicyclic) bond motifs is 2. The first-order valence-corrected chi connectivity index (χ1v) is 19.7. The Bertz CT molecular complexity index is 2890. The van der Waals surface area contributed by atoms with Crippen LogP contribution in [0.1, 0.15) is 54.5 Å². The zero-order valence-electron chi connectivity index (χ0n) is 34.8. The summed E-state index contributed by atoms with van der Waals surface area (Å²) in [7, 11) is 3.00. The van der Waals surface area contributed by atoms with Crippen LogP contribution in [0.2, 0.25) is 0 Å². The molecule has 1 aliphatic rings. The molecule has 2 aromatic carbocycles. The van der Waals surface area contributed by atoms with Gasteiger partial charge in [0.2, 0.25) is 29.6 Å². The van der Waals surface area contributed by atoms with Gasteiger partial charge < -0.3 is 35.0 Å². The van der Waals surface area contributed by atoms with Crippen molar-refractivity contribution in [2.45, 2.75) is 25.9 Å². The number of rotatable bonds is 19. The molecule has 0 radical (unpaired) electrons. The predicted molar refractivity (Wildman–Crippen MR) is 230 cm³/mol. The maximum Gasteiger partial charge on any atom is 0.278 e. The Morgan fingerprint density at radius 2 is 1.25 bits per heavy atom. The van der Waals surface area contributed by atoms with E-state index in [1.807, 2.05) is 0 Å². The molecule has 23 nitrogen and oxygen atoms in total. The number of nitrogens with one attached hydrogen (secondary N) is 2. The van der Waals surface area contributed by atoms with Crippen LogP contribution >= 0.6 is 0 Å². The number of hydrogen-bond donors (Lipinski definition) is 4. The van der Waals surface area contributed by atoms with Gasteiger partial charge in [0.25, 0.3) is 23.6 Å². The van der Waals surface area contributed by atoms with Gasteiger partial charge in [-0.1, -0.05) is 12.2 Å². The van der Waals surface area contributed by atoms with Crippen molar-refractivity contribution in [3.8, 4) is 11.5 Å². The fourth-order valence-corrected chi connectivity index (χ4v) is 6.74. The number of allylic oxidation sites excluding steroid dienone is 2. The van der Waals surface area contributed by atoms with Gasteiger partial charge in [0.05, 0.1) is 37.1 Å². The molecule has 0 aliphatic carbocycles. The molecule has 23 heteroatoms. The van der Waals surface area contributed by atoms with Crippen molar-refractivity contribution in [2.75, 3.05) is 44.5 Å². The quantitative estimate of drug-likeness (QED) is 0.0509. The summed E-state index contributed by atoms with van der Waals surface area (Å²) >= 11 is 0. The highest BCUT2D eigenvalue weighted by Gasteiger charge is 2.25. The van der Waals surface area contributed by atoms with E-state index in [0.29, 0.717) is 23.0 Å². The van der Waals surface area contributed by atoms with E-state index in [-0.39, 0.29) is 96.5 Å². The van der Waals surface area contributed by atoms with Gasteiger partial charge in [0.15, 0.2) is 0 Å². The van der Waals surface area contributed by atoms with Crippen LogP contribution in [0.25, 0.3) is 22.1 Å². The molecule has 0 fully saturated rings. The third kappa shape index (κ3) is 9.93. The second-order valence-corrected chi connectivity index (χ2v) is 14.2. The number of carbonyl (C=O) groups is 7. The number of nitrogens with zero attached hydrogens (tertiary/aromatic N) is 10. The van der Waals surface area contributed by atoms with E-state index in [1.54, 1.807) is 28.3 Å². The van der Waals surface area contributed by atoms with E-state index in [0.717, 1.165) is 17.1 Å². The van der Waals surface area contributed by atoms with Crippen molar-refractivity contribution in [1.29, 1.82) is 0 Å². The van der Waals surface area contributed by atoms with Crippen molar-refractivity contribution in [1.82, 2.24) is 48.8 Å². The summed E-state index contributed by atoms with van der Waals surface area (Å²) in [5, 5.41) is 5.51. The standard InChI is InChI=1S/C42H40N14O9/c1-53(32(57)8-16-54-33(58)6-7-34(54)59)13-5-17-65-31-21-25(38(44)61)19-27-36(31)56(42(50-27)52-40(63)29-23-46-10-12-48-29)15-4-3-14-55-35-26(18-24(37(43)60)20-30(35)64-2)49-41(55)51-39(62)28-22-45-9-11-47-28/h3-4,6-7,9-12,18-23H,5,8,13-17H2,1-2H3,(H2,43,60)(H2,44,61)(H,49,51,62)(H,50,52,63)/b4-3+. The topological polar surface area (TPSA) is 308 Å². The zero-order chi connectivity index (χ0) is 46.2. The Morgan fingerprint density at radius 3 is 1.72 bits per heavy atom. The number of ether oxygens (including phenoxy) is 2. The molecule has 0 bridgehead atoms. The summed E-state index contributed by atoms with van der Waals surface area (Å²) in [6.45, 7) is 0.376. The van der Waals surface area contributed by atoms with Crippen LogP contribution in [0.3, 0.4) is 0 Å². The minimum absolute atomic E-state index is 0.00129. The summed E-state index contributed by atoms with van der Waals surface area (Å²) < 4.78 is 15.1. The van der Waals surface area contributed by atoms with Gasteiger partial charge in [0.1, 0.15) is 33.9 Å². The van der Waals surface area contributed by atoms with Gasteiger partial charge in [-0.05, 0) is 30.7 Å². The SMILES string of the molecule is COc1cc(C(N)=O)cc2nc(NC(=O)c3cnccn3)n(C/C=C/Cn3c(NC(=O)c4cnccn4)nc4cc(C(N)=O)cc(OCCCN(C)C(=O)CCN5C(=O)C=CC5=O)c43)c12. The van der Waals surface area contributed by atoms with E-state index in [9.17, 15) is 33.6 Å². The number of imidazole rings is 2. The average molecular weight is 885 g/mol. The summed E-state index contributed by atoms with van der Waals surface area (Å²) in [6, 6.07) is 5.84. The first-order chi connectivity index (χ1) is 31.3. The van der Waals surface area contributed by atoms with Crippen molar-refractivity contribution in [2.24, 2.45) is 11.5 Å². The normalized spacial score (nSPS) is 12.3. The second-order valence-electron chi connectivity index (χ2n) is 14.2. The van der Waals surface area contributed by atoms with Crippen LogP contribution in [0.5, 0.6) is 11.5 Å². The average Bonchev–Trinajstić information content (AvgIpc) is 3.95. The second kappa shape index (κ2) is 19.4. The lowest BCUT2D eigenvalue weighted by Crippen LogP contribution is -2.36. The third-order valence-corrected chi connectivity index (χ3v) is 9.96. The number of carbonyl (C=O) groups excluding carboxylic acids is 7. The van der Waals surface area contributed by atoms with Crippen LogP contribution in [0.15, 0.2) is 85.8 Å². The molecule has 0 spiro atoms. The monoisotopic (exact) mass is 884 g/mol. The van der Waals surface area contributed by atoms with Crippen LogP contribution in [0, 0.1) is 0 Å². The minimum atomic E-state index is -0.764. The fourth-order valence-electron chi connectivity index (χ4n) is 6.74. The lowest BCUT2D eigenvalue weighted by atomic mass is 10.1. The predicted octanol–water partition coefficient (Wildman–Crippen LogP) is 1.48. The molecule has 0 saturated heterocycles. The van der Waals surface area contributed by atoms with E-state index < -0.39 is 35.4 Å². The molecule has 5 heterocycles. The van der Waals surface area contributed by atoms with E-state index >= 15 is 0 Å². The van der Waals surface area contributed by atoms with Crippen LogP contribution in [-0.2, 0) is 27.5 Å². The molecule has 6 aromatic rings. The number of methoxy groups -OCH3 is 1. The highest BCUT2D eigenvalue weighted by molar-refractivity contribution is 6.13. The van der Waals surface area contributed by atoms with Gasteiger partial charge in [-0.2, -0.15) is 0 Å². The largest absolute Gasteiger partial charge is 0.494 e. The molecule has 7 amide bonds. The lowest BCUT2D eigenvalue weighted by Gasteiger charge is -2.19. The zero-order valence-corrected chi connectivity index (χ0v) is 34.8. The van der Waals surface area contributed by atoms with E-state index in [2.05, 4.69) is 40.5 Å². The molecular weight excluding hydrogens is 845 g/mol. The smallest absolute Gasteiger partial charge is 0.278 e. The number of anilines is 2. The van der Waals surface area contributed by atoms with Crippen molar-refractivity contribution >= 4 is 75.3 Å². The van der Waals surface area contributed by atoms with Crippen LogP contribution < -0.4 is 31.6 Å². The molecule has 0 atom stereocenters. The van der Waals surface area contributed by atoms with Gasteiger partial charge in [0, 0.05) is 87.7 Å². The molecule has 0 unspecified atom stereocenters. The van der Waals surface area contributed by atoms with Gasteiger partial charge in [-0.15, -0.1) is 0 Å². The third-order valence-electron chi connectivity index (χ3n) is 9.96. The number of benzene rings is 2.